The van der Waals surface area contributed by atoms with Crippen LogP contribution in [-0.4, -0.2) is 17.8 Å². The molecule has 5 heteroatoms. The summed E-state index contributed by atoms with van der Waals surface area (Å²) in [6, 6.07) is 4.25. The van der Waals surface area contributed by atoms with E-state index in [0.717, 1.165) is 12.8 Å². The Morgan fingerprint density at radius 2 is 2.16 bits per heavy atom. The zero-order valence-corrected chi connectivity index (χ0v) is 12.8. The zero-order valence-electron chi connectivity index (χ0n) is 10.5. The molecule has 19 heavy (non-hydrogen) atoms. The number of halogens is 3. The van der Waals surface area contributed by atoms with Gasteiger partial charge < -0.3 is 5.32 Å². The first-order valence-electron chi connectivity index (χ1n) is 6.45. The monoisotopic (exact) mass is 347 g/mol. The summed E-state index contributed by atoms with van der Waals surface area (Å²) in [6.45, 7) is 0.585. The van der Waals surface area contributed by atoms with Crippen LogP contribution >= 0.6 is 27.5 Å². The van der Waals surface area contributed by atoms with Crippen molar-refractivity contribution in [1.29, 1.82) is 0 Å². The highest BCUT2D eigenvalue weighted by molar-refractivity contribution is 9.10. The fraction of sp³-hybridized carbons (Fsp3) is 0.500. The molecule has 1 aliphatic carbocycles. The fourth-order valence-corrected chi connectivity index (χ4v) is 3.10. The molecule has 0 aliphatic heterocycles. The summed E-state index contributed by atoms with van der Waals surface area (Å²) < 4.78 is 13.4. The van der Waals surface area contributed by atoms with Crippen LogP contribution < -0.4 is 5.32 Å². The summed E-state index contributed by atoms with van der Waals surface area (Å²) in [6.07, 6.45) is 4.42. The van der Waals surface area contributed by atoms with E-state index in [0.29, 0.717) is 22.5 Å². The minimum atomic E-state index is -0.371. The Bertz CT molecular complexity index is 469. The number of rotatable bonds is 3. The second kappa shape index (κ2) is 6.71. The molecular weight excluding hydrogens is 333 g/mol. The maximum atomic E-state index is 13.1. The number of amides is 1. The van der Waals surface area contributed by atoms with Crippen molar-refractivity contribution in [3.63, 3.8) is 0 Å². The van der Waals surface area contributed by atoms with Gasteiger partial charge >= 0.3 is 0 Å². The number of carbonyl (C=O) groups is 1. The Morgan fingerprint density at radius 3 is 2.84 bits per heavy atom. The average molecular weight is 349 g/mol. The molecule has 1 saturated carbocycles. The first-order chi connectivity index (χ1) is 9.08. The van der Waals surface area contributed by atoms with Gasteiger partial charge in [-0.05, 0) is 52.9 Å². The Labute approximate surface area is 125 Å². The van der Waals surface area contributed by atoms with Gasteiger partial charge in [0.1, 0.15) is 5.82 Å². The number of benzene rings is 1. The summed E-state index contributed by atoms with van der Waals surface area (Å²) in [4.78, 5) is 12.0. The Morgan fingerprint density at radius 1 is 1.42 bits per heavy atom. The van der Waals surface area contributed by atoms with E-state index in [1.54, 1.807) is 0 Å². The number of hydrogen-bond donors (Lipinski definition) is 1. The van der Waals surface area contributed by atoms with E-state index in [2.05, 4.69) is 21.2 Å². The van der Waals surface area contributed by atoms with Gasteiger partial charge in [0.15, 0.2) is 0 Å². The quantitative estimate of drug-likeness (QED) is 0.818. The van der Waals surface area contributed by atoms with Crippen LogP contribution in [0.4, 0.5) is 4.39 Å². The largest absolute Gasteiger partial charge is 0.352 e. The molecule has 104 valence electrons. The average Bonchev–Trinajstić information content (AvgIpc) is 2.40. The number of alkyl halides is 1. The van der Waals surface area contributed by atoms with Gasteiger partial charge in [-0.3, -0.25) is 4.79 Å². The first-order valence-corrected chi connectivity index (χ1v) is 7.68. The number of hydrogen-bond acceptors (Lipinski definition) is 1. The maximum Gasteiger partial charge on any atom is 0.251 e. The van der Waals surface area contributed by atoms with Crippen molar-refractivity contribution in [2.75, 3.05) is 6.54 Å². The summed E-state index contributed by atoms with van der Waals surface area (Å²) in [5.41, 5.74) is 0.454. The van der Waals surface area contributed by atoms with E-state index in [4.69, 9.17) is 11.6 Å². The summed E-state index contributed by atoms with van der Waals surface area (Å²) in [7, 11) is 0. The molecule has 2 atom stereocenters. The molecule has 2 nitrogen and oxygen atoms in total. The van der Waals surface area contributed by atoms with Crippen molar-refractivity contribution in [2.24, 2.45) is 5.92 Å². The smallest absolute Gasteiger partial charge is 0.251 e. The standard InChI is InChI=1S/C14H16BrClFNO/c15-11-7-9(5-6-13(11)17)14(19)18-8-10-3-1-2-4-12(10)16/h5-7,10,12H,1-4,8H2,(H,18,19). The Balaban J connectivity index is 1.91. The van der Waals surface area contributed by atoms with Crippen molar-refractivity contribution >= 4 is 33.4 Å². The third-order valence-corrected chi connectivity index (χ3v) is 4.71. The molecule has 1 aromatic carbocycles. The predicted octanol–water partition coefficient (Wildman–Crippen LogP) is 4.12. The highest BCUT2D eigenvalue weighted by Crippen LogP contribution is 2.28. The van der Waals surface area contributed by atoms with Crippen LogP contribution in [0.3, 0.4) is 0 Å². The molecule has 1 aromatic rings. The van der Waals surface area contributed by atoms with E-state index < -0.39 is 0 Å². The van der Waals surface area contributed by atoms with E-state index in [1.165, 1.54) is 31.0 Å². The van der Waals surface area contributed by atoms with Gasteiger partial charge in [-0.25, -0.2) is 4.39 Å². The molecular formula is C14H16BrClFNO. The summed E-state index contributed by atoms with van der Waals surface area (Å²) in [5.74, 6) is -0.219. The molecule has 1 N–H and O–H groups in total. The number of carbonyl (C=O) groups excluding carboxylic acids is 1. The van der Waals surface area contributed by atoms with Gasteiger partial charge in [-0.1, -0.05) is 12.8 Å². The normalized spacial score (nSPS) is 23.1. The minimum absolute atomic E-state index is 0.147. The van der Waals surface area contributed by atoms with Crippen LogP contribution in [0.15, 0.2) is 22.7 Å². The van der Waals surface area contributed by atoms with Crippen molar-refractivity contribution in [3.8, 4) is 0 Å². The van der Waals surface area contributed by atoms with Crippen molar-refractivity contribution in [3.05, 3.63) is 34.1 Å². The fourth-order valence-electron chi connectivity index (χ4n) is 2.36. The SMILES string of the molecule is O=C(NCC1CCCCC1Cl)c1ccc(F)c(Br)c1. The van der Waals surface area contributed by atoms with Crippen molar-refractivity contribution < 1.29 is 9.18 Å². The molecule has 0 heterocycles. The highest BCUT2D eigenvalue weighted by Gasteiger charge is 2.23. The Hall–Kier alpha value is -0.610. The van der Waals surface area contributed by atoms with Crippen LogP contribution in [-0.2, 0) is 0 Å². The lowest BCUT2D eigenvalue weighted by molar-refractivity contribution is 0.0944. The topological polar surface area (TPSA) is 29.1 Å². The second-order valence-corrected chi connectivity index (χ2v) is 6.31. The van der Waals surface area contributed by atoms with Crippen LogP contribution in [0.5, 0.6) is 0 Å². The first kappa shape index (κ1) is 14.8. The van der Waals surface area contributed by atoms with E-state index in [1.807, 2.05) is 0 Å². The lowest BCUT2D eigenvalue weighted by atomic mass is 9.88. The van der Waals surface area contributed by atoms with E-state index in [9.17, 15) is 9.18 Å². The van der Waals surface area contributed by atoms with Gasteiger partial charge in [0, 0.05) is 17.5 Å². The van der Waals surface area contributed by atoms with E-state index >= 15 is 0 Å². The van der Waals surface area contributed by atoms with Gasteiger partial charge in [0.05, 0.1) is 4.47 Å². The van der Waals surface area contributed by atoms with Crippen molar-refractivity contribution in [1.82, 2.24) is 5.32 Å². The zero-order chi connectivity index (χ0) is 13.8. The highest BCUT2D eigenvalue weighted by atomic mass is 79.9. The molecule has 2 unspecified atom stereocenters. The van der Waals surface area contributed by atoms with Crippen LogP contribution in [0.1, 0.15) is 36.0 Å². The minimum Gasteiger partial charge on any atom is -0.352 e. The van der Waals surface area contributed by atoms with Gasteiger partial charge in [-0.15, -0.1) is 11.6 Å². The third kappa shape index (κ3) is 3.93. The molecule has 0 radical (unpaired) electrons. The second-order valence-electron chi connectivity index (χ2n) is 4.90. The summed E-state index contributed by atoms with van der Waals surface area (Å²) in [5, 5.41) is 3.03. The molecule has 0 aromatic heterocycles. The maximum absolute atomic E-state index is 13.1. The van der Waals surface area contributed by atoms with Crippen LogP contribution in [0.2, 0.25) is 0 Å². The van der Waals surface area contributed by atoms with E-state index in [-0.39, 0.29) is 17.1 Å². The lowest BCUT2D eigenvalue weighted by Crippen LogP contribution is -2.34. The third-order valence-electron chi connectivity index (χ3n) is 3.52. The van der Waals surface area contributed by atoms with Crippen LogP contribution in [0.25, 0.3) is 0 Å². The van der Waals surface area contributed by atoms with Crippen molar-refractivity contribution in [2.45, 2.75) is 31.1 Å². The Kier molecular flexibility index (Phi) is 5.22. The van der Waals surface area contributed by atoms with Gasteiger partial charge in [0.2, 0.25) is 0 Å². The molecule has 1 fully saturated rings. The molecule has 0 saturated heterocycles. The summed E-state index contributed by atoms with van der Waals surface area (Å²) >= 11 is 9.33. The molecule has 0 bridgehead atoms. The van der Waals surface area contributed by atoms with Gasteiger partial charge in [-0.2, -0.15) is 0 Å². The van der Waals surface area contributed by atoms with Gasteiger partial charge in [0.25, 0.3) is 5.91 Å². The molecule has 0 spiro atoms. The molecule has 1 aliphatic rings. The molecule has 2 rings (SSSR count). The molecule has 1 amide bonds. The van der Waals surface area contributed by atoms with Crippen LogP contribution in [0, 0.1) is 11.7 Å². The predicted molar refractivity (Wildman–Crippen MR) is 78.0 cm³/mol. The lowest BCUT2D eigenvalue weighted by Gasteiger charge is -2.27. The number of nitrogens with one attached hydrogen (secondary N) is 1.